The smallest absolute Gasteiger partial charge is 0.256 e. The third-order valence-corrected chi connectivity index (χ3v) is 2.48. The molecule has 2 rings (SSSR count). The van der Waals surface area contributed by atoms with Crippen LogP contribution in [0.4, 0.5) is 5.82 Å². The fourth-order valence-corrected chi connectivity index (χ4v) is 1.44. The Labute approximate surface area is 103 Å². The average molecular weight is 252 g/mol. The van der Waals surface area contributed by atoms with Crippen LogP contribution < -0.4 is 5.32 Å². The molecule has 0 atom stereocenters. The minimum atomic E-state index is -0.271. The van der Waals surface area contributed by atoms with E-state index < -0.39 is 0 Å². The largest absolute Gasteiger partial charge is 0.302 e. The molecular weight excluding hydrogens is 242 g/mol. The zero-order valence-corrected chi connectivity index (χ0v) is 9.86. The lowest BCUT2D eigenvalue weighted by Crippen LogP contribution is -2.13. The Morgan fingerprint density at radius 1 is 1.35 bits per heavy atom. The van der Waals surface area contributed by atoms with Gasteiger partial charge in [0.15, 0.2) is 0 Å². The molecule has 1 aromatic heterocycles. The first kappa shape index (κ1) is 11.6. The number of carbonyl (C=O) groups is 1. The molecule has 0 fully saturated rings. The van der Waals surface area contributed by atoms with E-state index in [1.54, 1.807) is 24.3 Å². The molecule has 0 saturated heterocycles. The van der Waals surface area contributed by atoms with Gasteiger partial charge in [-0.3, -0.25) is 4.79 Å². The molecule has 1 N–H and O–H groups in total. The first-order valence-corrected chi connectivity index (χ1v) is 5.47. The number of benzene rings is 1. The van der Waals surface area contributed by atoms with Crippen molar-refractivity contribution in [1.82, 2.24) is 10.3 Å². The third-order valence-electron chi connectivity index (χ3n) is 2.23. The number of amides is 1. The number of carbonyl (C=O) groups excluding carboxylic acids is 1. The molecule has 0 spiro atoms. The van der Waals surface area contributed by atoms with E-state index in [9.17, 15) is 4.79 Å². The Balaban J connectivity index is 2.14. The Bertz CT molecular complexity index is 522. The van der Waals surface area contributed by atoms with Crippen molar-refractivity contribution >= 4 is 23.3 Å². The second-order valence-electron chi connectivity index (χ2n) is 3.37. The highest BCUT2D eigenvalue weighted by molar-refractivity contribution is 6.30. The molecule has 1 amide bonds. The second kappa shape index (κ2) is 4.97. The molecule has 0 saturated carbocycles. The fraction of sp³-hybridized carbons (Fsp3) is 0.182. The van der Waals surface area contributed by atoms with Crippen LogP contribution in [0.1, 0.15) is 23.0 Å². The number of hydrogen-bond acceptors (Lipinski definition) is 4. The van der Waals surface area contributed by atoms with Crippen LogP contribution in [-0.4, -0.2) is 16.2 Å². The number of hydrogen-bond donors (Lipinski definition) is 1. The van der Waals surface area contributed by atoms with Gasteiger partial charge in [-0.1, -0.05) is 23.7 Å². The molecule has 17 heavy (non-hydrogen) atoms. The topological polar surface area (TPSA) is 68.0 Å². The van der Waals surface area contributed by atoms with Gasteiger partial charge < -0.3 is 5.32 Å². The van der Waals surface area contributed by atoms with Crippen molar-refractivity contribution < 1.29 is 9.42 Å². The monoisotopic (exact) mass is 251 g/mol. The standard InChI is InChI=1S/C11H10ClN3O2/c1-2-9-10(15-17-14-9)13-11(16)7-3-5-8(12)6-4-7/h3-6H,2H2,1H3,(H,13,15,16). The van der Waals surface area contributed by atoms with Gasteiger partial charge in [0.05, 0.1) is 0 Å². The summed E-state index contributed by atoms with van der Waals surface area (Å²) in [5, 5.41) is 10.5. The summed E-state index contributed by atoms with van der Waals surface area (Å²) >= 11 is 5.74. The van der Waals surface area contributed by atoms with Crippen LogP contribution in [0.2, 0.25) is 5.02 Å². The predicted octanol–water partition coefficient (Wildman–Crippen LogP) is 2.54. The molecule has 6 heteroatoms. The Kier molecular flexibility index (Phi) is 3.39. The van der Waals surface area contributed by atoms with Crippen LogP contribution in [-0.2, 0) is 6.42 Å². The maximum absolute atomic E-state index is 11.8. The molecule has 2 aromatic rings. The fourth-order valence-electron chi connectivity index (χ4n) is 1.31. The molecule has 0 aliphatic heterocycles. The van der Waals surface area contributed by atoms with Crippen molar-refractivity contribution in [3.8, 4) is 0 Å². The van der Waals surface area contributed by atoms with Gasteiger partial charge in [0.1, 0.15) is 5.69 Å². The highest BCUT2D eigenvalue weighted by Gasteiger charge is 2.12. The van der Waals surface area contributed by atoms with Crippen molar-refractivity contribution in [1.29, 1.82) is 0 Å². The number of rotatable bonds is 3. The van der Waals surface area contributed by atoms with E-state index in [2.05, 4.69) is 20.3 Å². The summed E-state index contributed by atoms with van der Waals surface area (Å²) in [5.74, 6) is 0.0829. The Hall–Kier alpha value is -1.88. The van der Waals surface area contributed by atoms with E-state index in [-0.39, 0.29) is 5.91 Å². The van der Waals surface area contributed by atoms with Crippen molar-refractivity contribution in [3.05, 3.63) is 40.5 Å². The van der Waals surface area contributed by atoms with E-state index in [1.165, 1.54) is 0 Å². The van der Waals surface area contributed by atoms with Crippen molar-refractivity contribution in [2.24, 2.45) is 0 Å². The van der Waals surface area contributed by atoms with Gasteiger partial charge in [0.2, 0.25) is 5.82 Å². The number of anilines is 1. The summed E-state index contributed by atoms with van der Waals surface area (Å²) < 4.78 is 4.56. The van der Waals surface area contributed by atoms with Gasteiger partial charge in [-0.25, -0.2) is 4.63 Å². The molecule has 5 nitrogen and oxygen atoms in total. The number of nitrogens with one attached hydrogen (secondary N) is 1. The summed E-state index contributed by atoms with van der Waals surface area (Å²) in [5.41, 5.74) is 1.12. The zero-order chi connectivity index (χ0) is 12.3. The molecular formula is C11H10ClN3O2. The van der Waals surface area contributed by atoms with Gasteiger partial charge in [0, 0.05) is 10.6 Å². The number of aromatic nitrogens is 2. The van der Waals surface area contributed by atoms with E-state index in [4.69, 9.17) is 11.6 Å². The van der Waals surface area contributed by atoms with E-state index in [0.717, 1.165) is 0 Å². The minimum absolute atomic E-state index is 0.271. The molecule has 0 bridgehead atoms. The number of halogens is 1. The first-order valence-electron chi connectivity index (χ1n) is 5.09. The van der Waals surface area contributed by atoms with Crippen LogP contribution in [0.3, 0.4) is 0 Å². The molecule has 0 radical (unpaired) electrons. The van der Waals surface area contributed by atoms with Gasteiger partial charge in [-0.05, 0) is 35.8 Å². The normalized spacial score (nSPS) is 10.2. The number of aryl methyl sites for hydroxylation is 1. The maximum Gasteiger partial charge on any atom is 0.256 e. The summed E-state index contributed by atoms with van der Waals surface area (Å²) in [6.07, 6.45) is 0.639. The minimum Gasteiger partial charge on any atom is -0.302 e. The molecule has 0 aliphatic carbocycles. The van der Waals surface area contributed by atoms with Gasteiger partial charge in [-0.15, -0.1) is 0 Å². The zero-order valence-electron chi connectivity index (χ0n) is 9.11. The van der Waals surface area contributed by atoms with Crippen LogP contribution in [0.25, 0.3) is 0 Å². The lowest BCUT2D eigenvalue weighted by Gasteiger charge is -2.02. The maximum atomic E-state index is 11.8. The quantitative estimate of drug-likeness (QED) is 0.910. The Morgan fingerprint density at radius 2 is 2.06 bits per heavy atom. The molecule has 88 valence electrons. The van der Waals surface area contributed by atoms with Crippen LogP contribution in [0.5, 0.6) is 0 Å². The van der Waals surface area contributed by atoms with E-state index in [0.29, 0.717) is 28.5 Å². The van der Waals surface area contributed by atoms with Crippen molar-refractivity contribution in [2.75, 3.05) is 5.32 Å². The van der Waals surface area contributed by atoms with Gasteiger partial charge in [-0.2, -0.15) is 0 Å². The molecule has 0 aliphatic rings. The molecule has 1 heterocycles. The van der Waals surface area contributed by atoms with Crippen molar-refractivity contribution in [3.63, 3.8) is 0 Å². The third kappa shape index (κ3) is 2.62. The van der Waals surface area contributed by atoms with Crippen molar-refractivity contribution in [2.45, 2.75) is 13.3 Å². The first-order chi connectivity index (χ1) is 8.20. The molecule has 0 unspecified atom stereocenters. The Morgan fingerprint density at radius 3 is 2.71 bits per heavy atom. The highest BCUT2D eigenvalue weighted by Crippen LogP contribution is 2.13. The van der Waals surface area contributed by atoms with Crippen LogP contribution in [0.15, 0.2) is 28.9 Å². The highest BCUT2D eigenvalue weighted by atomic mass is 35.5. The second-order valence-corrected chi connectivity index (χ2v) is 3.81. The number of nitrogens with zero attached hydrogens (tertiary/aromatic N) is 2. The lowest BCUT2D eigenvalue weighted by molar-refractivity contribution is 0.102. The lowest BCUT2D eigenvalue weighted by atomic mass is 10.2. The van der Waals surface area contributed by atoms with E-state index in [1.807, 2.05) is 6.92 Å². The molecule has 1 aromatic carbocycles. The summed E-state index contributed by atoms with van der Waals surface area (Å²) in [6.45, 7) is 1.90. The SMILES string of the molecule is CCc1nonc1NC(=O)c1ccc(Cl)cc1. The predicted molar refractivity (Wildman–Crippen MR) is 63.1 cm³/mol. The van der Waals surface area contributed by atoms with Gasteiger partial charge >= 0.3 is 0 Å². The van der Waals surface area contributed by atoms with Crippen LogP contribution in [0, 0.1) is 0 Å². The van der Waals surface area contributed by atoms with Gasteiger partial charge in [0.25, 0.3) is 5.91 Å². The summed E-state index contributed by atoms with van der Waals surface area (Å²) in [6, 6.07) is 6.57. The summed E-state index contributed by atoms with van der Waals surface area (Å²) in [7, 11) is 0. The van der Waals surface area contributed by atoms with E-state index >= 15 is 0 Å². The summed E-state index contributed by atoms with van der Waals surface area (Å²) in [4.78, 5) is 11.8. The van der Waals surface area contributed by atoms with Crippen LogP contribution >= 0.6 is 11.6 Å². The average Bonchev–Trinajstić information content (AvgIpc) is 2.77.